The molecule has 0 amide bonds. The molecule has 0 saturated carbocycles. The molecule has 0 bridgehead atoms. The van der Waals surface area contributed by atoms with Crippen LogP contribution < -0.4 is 10.8 Å². The number of hydrogen-bond acceptors (Lipinski definition) is 3. The molecular weight excluding hydrogens is 64.8 g/mol. The van der Waals surface area contributed by atoms with E-state index in [-0.39, 0.29) is 0 Å². The summed E-state index contributed by atoms with van der Waals surface area (Å²) in [6.45, 7) is 0. The monoisotopic (exact) mass is 68.0 g/mol. The van der Waals surface area contributed by atoms with E-state index in [0.29, 0.717) is 0 Å². The van der Waals surface area contributed by atoms with Gasteiger partial charge >= 0.3 is 7.55 Å². The Bertz CT molecular complexity index is 44.9. The fraction of sp³-hybridized carbons (Fsp3) is 0. The summed E-state index contributed by atoms with van der Waals surface area (Å²) >= 11 is 0. The average molecular weight is 67.9 g/mol. The van der Waals surface area contributed by atoms with Crippen molar-refractivity contribution in [3.05, 3.63) is 0 Å². The summed E-state index contributed by atoms with van der Waals surface area (Å²) in [4.78, 5) is 3.61. The van der Waals surface area contributed by atoms with Gasteiger partial charge in [0.05, 0.1) is 6.34 Å². The van der Waals surface area contributed by atoms with Crippen LogP contribution in [0.2, 0.25) is 0 Å². The van der Waals surface area contributed by atoms with Crippen molar-refractivity contribution in [1.29, 1.82) is 0 Å². The van der Waals surface area contributed by atoms with Gasteiger partial charge in [-0.05, 0) is 0 Å². The van der Waals surface area contributed by atoms with Gasteiger partial charge in [0.1, 0.15) is 0 Å². The molecule has 3 nitrogen and oxygen atoms in total. The fourth-order valence-electron chi connectivity index (χ4n) is 0.186. The van der Waals surface area contributed by atoms with E-state index in [1.807, 2.05) is 0 Å². The average Bonchev–Trinajstić information content (AvgIpc) is 1.76. The molecule has 2 N–H and O–H groups in total. The maximum absolute atomic E-state index is 3.61. The molecule has 1 aliphatic heterocycles. The smallest absolute Gasteiger partial charge is 0.323 e. The van der Waals surface area contributed by atoms with Crippen LogP contribution in [0.3, 0.4) is 0 Å². The van der Waals surface area contributed by atoms with Crippen LogP contribution in [-0.4, -0.2) is 13.9 Å². The van der Waals surface area contributed by atoms with Crippen molar-refractivity contribution in [3.8, 4) is 0 Å². The summed E-state index contributed by atoms with van der Waals surface area (Å²) in [6.07, 6.45) is 1.57. The van der Waals surface area contributed by atoms with Gasteiger partial charge < -0.3 is 10.3 Å². The first-order valence-corrected chi connectivity index (χ1v) is 1.34. The van der Waals surface area contributed by atoms with Gasteiger partial charge in [-0.3, -0.25) is 5.34 Å². The van der Waals surface area contributed by atoms with Crippen molar-refractivity contribution in [1.82, 2.24) is 10.8 Å². The Hall–Kier alpha value is -0.505. The third kappa shape index (κ3) is 0.387. The van der Waals surface area contributed by atoms with Crippen LogP contribution in [0.5, 0.6) is 0 Å². The molecule has 0 fully saturated rings. The SMILES string of the molecule is [B]1N=CNN1. The molecule has 0 aliphatic carbocycles. The molecule has 1 radical (unpaired) electrons. The number of hydrazine groups is 1. The molecule has 1 aliphatic rings. The lowest BCUT2D eigenvalue weighted by atomic mass is 10.3. The van der Waals surface area contributed by atoms with Crippen LogP contribution in [0.1, 0.15) is 0 Å². The molecule has 5 heavy (non-hydrogen) atoms. The standard InChI is InChI=1S/CH3BN3/c1-3-2-5-4-1/h1,5H,(H,3,4). The molecule has 0 spiro atoms. The van der Waals surface area contributed by atoms with E-state index in [9.17, 15) is 0 Å². The minimum absolute atomic E-state index is 1.57. The number of nitrogens with zero attached hydrogens (tertiary/aromatic N) is 1. The third-order valence-corrected chi connectivity index (χ3v) is 0.362. The van der Waals surface area contributed by atoms with Crippen LogP contribution >= 0.6 is 0 Å². The maximum atomic E-state index is 3.61. The zero-order valence-electron chi connectivity index (χ0n) is 2.60. The van der Waals surface area contributed by atoms with Crippen molar-refractivity contribution in [2.45, 2.75) is 0 Å². The van der Waals surface area contributed by atoms with Gasteiger partial charge in [0.25, 0.3) is 0 Å². The topological polar surface area (TPSA) is 36.4 Å². The van der Waals surface area contributed by atoms with Crippen LogP contribution in [0.25, 0.3) is 0 Å². The molecular formula is CH3BN3. The Morgan fingerprint density at radius 2 is 2.80 bits per heavy atom. The Morgan fingerprint density at radius 1 is 1.80 bits per heavy atom. The van der Waals surface area contributed by atoms with Gasteiger partial charge in [-0.25, -0.2) is 0 Å². The first-order chi connectivity index (χ1) is 2.50. The summed E-state index contributed by atoms with van der Waals surface area (Å²) < 4.78 is 0. The predicted octanol–water partition coefficient (Wildman–Crippen LogP) is -1.34. The van der Waals surface area contributed by atoms with Crippen molar-refractivity contribution in [3.63, 3.8) is 0 Å². The molecule has 1 rings (SSSR count). The number of rotatable bonds is 0. The van der Waals surface area contributed by atoms with Crippen molar-refractivity contribution < 1.29 is 0 Å². The van der Waals surface area contributed by atoms with E-state index < -0.39 is 0 Å². The van der Waals surface area contributed by atoms with Crippen molar-refractivity contribution >= 4 is 13.9 Å². The van der Waals surface area contributed by atoms with Crippen LogP contribution in [-0.2, 0) is 0 Å². The summed E-state index contributed by atoms with van der Waals surface area (Å²) in [5.41, 5.74) is 2.62. The highest BCUT2D eigenvalue weighted by molar-refractivity contribution is 6.33. The highest BCUT2D eigenvalue weighted by Crippen LogP contribution is 1.55. The van der Waals surface area contributed by atoms with Crippen molar-refractivity contribution in [2.24, 2.45) is 4.90 Å². The second-order valence-electron chi connectivity index (χ2n) is 0.696. The van der Waals surface area contributed by atoms with E-state index in [1.165, 1.54) is 0 Å². The van der Waals surface area contributed by atoms with E-state index in [0.717, 1.165) is 0 Å². The van der Waals surface area contributed by atoms with E-state index in [1.54, 1.807) is 13.9 Å². The minimum Gasteiger partial charge on any atom is -0.323 e. The zero-order chi connectivity index (χ0) is 3.54. The van der Waals surface area contributed by atoms with E-state index in [4.69, 9.17) is 0 Å². The second kappa shape index (κ2) is 1.08. The van der Waals surface area contributed by atoms with Crippen molar-refractivity contribution in [2.75, 3.05) is 0 Å². The van der Waals surface area contributed by atoms with Gasteiger partial charge in [-0.2, -0.15) is 0 Å². The van der Waals surface area contributed by atoms with E-state index >= 15 is 0 Å². The number of nitrogens with one attached hydrogen (secondary N) is 2. The van der Waals surface area contributed by atoms with Crippen LogP contribution in [0.4, 0.5) is 0 Å². The zero-order valence-corrected chi connectivity index (χ0v) is 2.60. The largest absolute Gasteiger partial charge is 0.391 e. The Labute approximate surface area is 30.7 Å². The predicted molar refractivity (Wildman–Crippen MR) is 20.5 cm³/mol. The quantitative estimate of drug-likeness (QED) is 0.344. The van der Waals surface area contributed by atoms with Crippen LogP contribution in [0.15, 0.2) is 4.90 Å². The summed E-state index contributed by atoms with van der Waals surface area (Å²) in [5.74, 6) is 0. The molecule has 0 atom stereocenters. The summed E-state index contributed by atoms with van der Waals surface area (Å²) in [6, 6.07) is 0. The molecule has 4 heteroatoms. The van der Waals surface area contributed by atoms with Gasteiger partial charge in [-0.15, -0.1) is 0 Å². The summed E-state index contributed by atoms with van der Waals surface area (Å²) in [5, 5.41) is 2.62. The molecule has 25 valence electrons. The molecule has 0 unspecified atom stereocenters. The first kappa shape index (κ1) is 2.72. The molecule has 0 aromatic rings. The lowest BCUT2D eigenvalue weighted by Crippen LogP contribution is -2.24. The summed E-state index contributed by atoms with van der Waals surface area (Å²) in [7, 11) is 1.57. The first-order valence-electron chi connectivity index (χ1n) is 1.34. The second-order valence-corrected chi connectivity index (χ2v) is 0.696. The lowest BCUT2D eigenvalue weighted by Gasteiger charge is -1.79. The number of hydrogen-bond donors (Lipinski definition) is 2. The third-order valence-electron chi connectivity index (χ3n) is 0.362. The lowest BCUT2D eigenvalue weighted by molar-refractivity contribution is 0.946. The highest BCUT2D eigenvalue weighted by atomic mass is 15.4. The van der Waals surface area contributed by atoms with Gasteiger partial charge in [0, 0.05) is 0 Å². The highest BCUT2D eigenvalue weighted by Gasteiger charge is 1.85. The van der Waals surface area contributed by atoms with Gasteiger partial charge in [0.15, 0.2) is 0 Å². The Balaban J connectivity index is 2.32. The Kier molecular flexibility index (Phi) is 0.585. The fourth-order valence-corrected chi connectivity index (χ4v) is 0.186. The normalized spacial score (nSPS) is 17.6. The molecule has 0 saturated heterocycles. The molecule has 0 aromatic carbocycles. The van der Waals surface area contributed by atoms with E-state index in [2.05, 4.69) is 15.7 Å². The molecule has 0 aromatic heterocycles. The Morgan fingerprint density at radius 3 is 3.00 bits per heavy atom. The van der Waals surface area contributed by atoms with Gasteiger partial charge in [0.2, 0.25) is 0 Å². The molecule has 1 heterocycles. The minimum atomic E-state index is 1.57. The van der Waals surface area contributed by atoms with Gasteiger partial charge in [-0.1, -0.05) is 0 Å². The maximum Gasteiger partial charge on any atom is 0.391 e. The van der Waals surface area contributed by atoms with Crippen LogP contribution in [0, 0.1) is 0 Å².